The maximum absolute atomic E-state index is 12.7. The summed E-state index contributed by atoms with van der Waals surface area (Å²) in [6.07, 6.45) is 0. The van der Waals surface area contributed by atoms with Crippen LogP contribution >= 0.6 is 11.6 Å². The first-order valence-corrected chi connectivity index (χ1v) is 11.9. The van der Waals surface area contributed by atoms with Gasteiger partial charge in [0, 0.05) is 11.7 Å². The Morgan fingerprint density at radius 2 is 1.72 bits per heavy atom. The third-order valence-corrected chi connectivity index (χ3v) is 6.83. The standard InChI is InChI=1S/C24H25ClN2O4S/c1-16-9-10-20(13-17(16)2)26-24(28)15-31-23-12-11-21(14-22(23)25)32(29,30)27-18(3)19-7-5-4-6-8-19/h4-14,18,27H,15H2,1-3H3,(H,26,28). The number of amides is 1. The molecule has 0 saturated carbocycles. The number of halogens is 1. The summed E-state index contributed by atoms with van der Waals surface area (Å²) in [5.41, 5.74) is 3.72. The van der Waals surface area contributed by atoms with Gasteiger partial charge in [-0.05, 0) is 67.8 Å². The van der Waals surface area contributed by atoms with Crippen molar-refractivity contribution in [1.82, 2.24) is 4.72 Å². The molecule has 0 aliphatic rings. The van der Waals surface area contributed by atoms with Gasteiger partial charge in [0.25, 0.3) is 5.91 Å². The van der Waals surface area contributed by atoms with Crippen LogP contribution in [0.3, 0.4) is 0 Å². The number of hydrogen-bond donors (Lipinski definition) is 2. The number of anilines is 1. The third-order valence-electron chi connectivity index (χ3n) is 4.99. The number of carbonyl (C=O) groups is 1. The summed E-state index contributed by atoms with van der Waals surface area (Å²) in [6, 6.07) is 18.6. The molecule has 1 unspecified atom stereocenters. The first kappa shape index (κ1) is 23.8. The Bertz CT molecular complexity index is 1210. The molecule has 0 aliphatic heterocycles. The molecule has 0 spiro atoms. The van der Waals surface area contributed by atoms with Crippen molar-refractivity contribution in [2.45, 2.75) is 31.7 Å². The maximum atomic E-state index is 12.7. The molecule has 32 heavy (non-hydrogen) atoms. The molecule has 6 nitrogen and oxygen atoms in total. The van der Waals surface area contributed by atoms with Crippen LogP contribution in [0.15, 0.2) is 71.6 Å². The smallest absolute Gasteiger partial charge is 0.262 e. The van der Waals surface area contributed by atoms with Crippen LogP contribution in [-0.2, 0) is 14.8 Å². The summed E-state index contributed by atoms with van der Waals surface area (Å²) in [7, 11) is -3.80. The average molecular weight is 473 g/mol. The van der Waals surface area contributed by atoms with E-state index in [2.05, 4.69) is 10.0 Å². The summed E-state index contributed by atoms with van der Waals surface area (Å²) in [6.45, 7) is 5.46. The molecule has 3 aromatic rings. The average Bonchev–Trinajstić information content (AvgIpc) is 2.75. The van der Waals surface area contributed by atoms with E-state index in [1.54, 1.807) is 6.92 Å². The highest BCUT2D eigenvalue weighted by Crippen LogP contribution is 2.28. The number of nitrogens with one attached hydrogen (secondary N) is 2. The Morgan fingerprint density at radius 3 is 2.38 bits per heavy atom. The molecule has 0 aromatic heterocycles. The summed E-state index contributed by atoms with van der Waals surface area (Å²) >= 11 is 6.22. The summed E-state index contributed by atoms with van der Waals surface area (Å²) in [5, 5.41) is 2.86. The molecular formula is C24H25ClN2O4S. The molecule has 2 N–H and O–H groups in total. The number of aryl methyl sites for hydroxylation is 2. The lowest BCUT2D eigenvalue weighted by molar-refractivity contribution is -0.118. The lowest BCUT2D eigenvalue weighted by Crippen LogP contribution is -2.27. The number of hydrogen-bond acceptors (Lipinski definition) is 4. The highest BCUT2D eigenvalue weighted by atomic mass is 35.5. The molecule has 0 fully saturated rings. The van der Waals surface area contributed by atoms with Gasteiger partial charge in [0.2, 0.25) is 10.0 Å². The van der Waals surface area contributed by atoms with Crippen LogP contribution < -0.4 is 14.8 Å². The van der Waals surface area contributed by atoms with Crippen LogP contribution in [0.25, 0.3) is 0 Å². The van der Waals surface area contributed by atoms with Crippen molar-refractivity contribution in [2.24, 2.45) is 0 Å². The number of carbonyl (C=O) groups excluding carboxylic acids is 1. The molecule has 168 valence electrons. The highest BCUT2D eigenvalue weighted by molar-refractivity contribution is 7.89. The van der Waals surface area contributed by atoms with Crippen LogP contribution in [0.2, 0.25) is 5.02 Å². The fraction of sp³-hybridized carbons (Fsp3) is 0.208. The minimum Gasteiger partial charge on any atom is -0.482 e. The summed E-state index contributed by atoms with van der Waals surface area (Å²) in [5.74, 6) is -0.128. The predicted octanol–water partition coefficient (Wildman–Crippen LogP) is 5.01. The van der Waals surface area contributed by atoms with Crippen molar-refractivity contribution in [2.75, 3.05) is 11.9 Å². The van der Waals surface area contributed by atoms with Crippen LogP contribution in [0.5, 0.6) is 5.75 Å². The Hall–Kier alpha value is -2.87. The first-order chi connectivity index (χ1) is 15.2. The van der Waals surface area contributed by atoms with Crippen LogP contribution in [0.1, 0.15) is 29.7 Å². The molecule has 1 atom stereocenters. The molecule has 1 amide bonds. The van der Waals surface area contributed by atoms with Crippen molar-refractivity contribution in [3.05, 3.63) is 88.4 Å². The zero-order chi connectivity index (χ0) is 23.3. The number of benzene rings is 3. The summed E-state index contributed by atoms with van der Waals surface area (Å²) < 4.78 is 33.6. The Labute approximate surface area is 193 Å². The van der Waals surface area contributed by atoms with Crippen molar-refractivity contribution >= 4 is 33.2 Å². The van der Waals surface area contributed by atoms with Gasteiger partial charge in [-0.15, -0.1) is 0 Å². The Kier molecular flexibility index (Phi) is 7.56. The van der Waals surface area contributed by atoms with E-state index in [9.17, 15) is 13.2 Å². The Morgan fingerprint density at radius 1 is 1.00 bits per heavy atom. The van der Waals surface area contributed by atoms with Gasteiger partial charge in [0.05, 0.1) is 9.92 Å². The Balaban J connectivity index is 1.62. The minimum atomic E-state index is -3.80. The molecule has 3 aromatic carbocycles. The lowest BCUT2D eigenvalue weighted by atomic mass is 10.1. The summed E-state index contributed by atoms with van der Waals surface area (Å²) in [4.78, 5) is 12.2. The molecule has 3 rings (SSSR count). The zero-order valence-corrected chi connectivity index (χ0v) is 19.6. The SMILES string of the molecule is Cc1ccc(NC(=O)COc2ccc(S(=O)(=O)NC(C)c3ccccc3)cc2Cl)cc1C. The van der Waals surface area contributed by atoms with Gasteiger partial charge in [-0.3, -0.25) is 4.79 Å². The largest absolute Gasteiger partial charge is 0.482 e. The molecule has 0 heterocycles. The monoisotopic (exact) mass is 472 g/mol. The predicted molar refractivity (Wildman–Crippen MR) is 127 cm³/mol. The van der Waals surface area contributed by atoms with Crippen LogP contribution in [0.4, 0.5) is 5.69 Å². The van der Waals surface area contributed by atoms with Gasteiger partial charge in [-0.25, -0.2) is 13.1 Å². The van der Waals surface area contributed by atoms with Gasteiger partial charge < -0.3 is 10.1 Å². The fourth-order valence-corrected chi connectivity index (χ4v) is 4.59. The number of sulfonamides is 1. The highest BCUT2D eigenvalue weighted by Gasteiger charge is 2.20. The van der Waals surface area contributed by atoms with Crippen molar-refractivity contribution < 1.29 is 17.9 Å². The van der Waals surface area contributed by atoms with Crippen molar-refractivity contribution in [3.63, 3.8) is 0 Å². The molecule has 0 radical (unpaired) electrons. The molecular weight excluding hydrogens is 448 g/mol. The minimum absolute atomic E-state index is 0.0113. The second-order valence-corrected chi connectivity index (χ2v) is 9.60. The van der Waals surface area contributed by atoms with Crippen LogP contribution in [-0.4, -0.2) is 20.9 Å². The van der Waals surface area contributed by atoms with Crippen LogP contribution in [0, 0.1) is 13.8 Å². The molecule has 0 bridgehead atoms. The topological polar surface area (TPSA) is 84.5 Å². The van der Waals surface area contributed by atoms with Gasteiger partial charge in [0.15, 0.2) is 6.61 Å². The normalized spacial score (nSPS) is 12.2. The van der Waals surface area contributed by atoms with Crippen molar-refractivity contribution in [3.8, 4) is 5.75 Å². The second-order valence-electron chi connectivity index (χ2n) is 7.48. The fourth-order valence-electron chi connectivity index (χ4n) is 3.04. The maximum Gasteiger partial charge on any atom is 0.262 e. The van der Waals surface area contributed by atoms with E-state index in [-0.39, 0.29) is 28.2 Å². The van der Waals surface area contributed by atoms with E-state index in [4.69, 9.17) is 16.3 Å². The number of ether oxygens (including phenoxy) is 1. The van der Waals surface area contributed by atoms with E-state index in [0.717, 1.165) is 16.7 Å². The number of rotatable bonds is 8. The molecule has 0 saturated heterocycles. The quantitative estimate of drug-likeness (QED) is 0.482. The van der Waals surface area contributed by atoms with E-state index in [0.29, 0.717) is 5.69 Å². The van der Waals surface area contributed by atoms with E-state index < -0.39 is 16.1 Å². The first-order valence-electron chi connectivity index (χ1n) is 10.0. The van der Waals surface area contributed by atoms with E-state index in [1.807, 2.05) is 62.4 Å². The third kappa shape index (κ3) is 6.09. The van der Waals surface area contributed by atoms with Gasteiger partial charge >= 0.3 is 0 Å². The van der Waals surface area contributed by atoms with Crippen molar-refractivity contribution in [1.29, 1.82) is 0 Å². The molecule has 0 aliphatic carbocycles. The van der Waals surface area contributed by atoms with Gasteiger partial charge in [-0.2, -0.15) is 0 Å². The van der Waals surface area contributed by atoms with Gasteiger partial charge in [-0.1, -0.05) is 48.0 Å². The molecule has 8 heteroatoms. The van der Waals surface area contributed by atoms with E-state index >= 15 is 0 Å². The van der Waals surface area contributed by atoms with Gasteiger partial charge in [0.1, 0.15) is 5.75 Å². The second kappa shape index (κ2) is 10.2. The lowest BCUT2D eigenvalue weighted by Gasteiger charge is -2.15. The zero-order valence-electron chi connectivity index (χ0n) is 18.1. The van der Waals surface area contributed by atoms with E-state index in [1.165, 1.54) is 18.2 Å².